The molecule has 0 aromatic carbocycles. The molecule has 2 heterocycles. The van der Waals surface area contributed by atoms with Crippen molar-refractivity contribution in [3.63, 3.8) is 0 Å². The molecule has 1 N–H and O–H groups in total. The normalized spacial score (nSPS) is 12.1. The Bertz CT molecular complexity index is 595. The lowest BCUT2D eigenvalue weighted by molar-refractivity contribution is 0.0696. The summed E-state index contributed by atoms with van der Waals surface area (Å²) in [5, 5.41) is 13.3. The number of aromatic carboxylic acids is 1. The average Bonchev–Trinajstić information content (AvgIpc) is 2.93. The SMILES string of the molecule is CCC(C)n1ccc(COc2cncc(C(=O)O)c2)n1. The number of ether oxygens (including phenoxy) is 1. The van der Waals surface area contributed by atoms with Crippen LogP contribution in [0.1, 0.15) is 42.4 Å². The molecule has 0 aliphatic carbocycles. The molecule has 0 amide bonds. The molecule has 0 bridgehead atoms. The number of aromatic nitrogens is 3. The summed E-state index contributed by atoms with van der Waals surface area (Å²) in [6, 6.07) is 3.68. The Kier molecular flexibility index (Phi) is 4.34. The molecule has 2 aromatic rings. The first-order valence-electron chi connectivity index (χ1n) is 6.45. The van der Waals surface area contributed by atoms with Crippen molar-refractivity contribution in [2.45, 2.75) is 32.9 Å². The summed E-state index contributed by atoms with van der Waals surface area (Å²) in [7, 11) is 0. The highest BCUT2D eigenvalue weighted by Crippen LogP contribution is 2.14. The number of carboxylic acid groups (broad SMARTS) is 1. The standard InChI is InChI=1S/C14H17N3O3/c1-3-10(2)17-5-4-12(16-17)9-20-13-6-11(14(18)19)7-15-8-13/h4-8,10H,3,9H2,1-2H3,(H,18,19). The zero-order chi connectivity index (χ0) is 14.5. The van der Waals surface area contributed by atoms with Crippen LogP contribution in [0, 0.1) is 0 Å². The van der Waals surface area contributed by atoms with E-state index >= 15 is 0 Å². The van der Waals surface area contributed by atoms with Crippen LogP contribution in [0.25, 0.3) is 0 Å². The van der Waals surface area contributed by atoms with E-state index < -0.39 is 5.97 Å². The lowest BCUT2D eigenvalue weighted by Gasteiger charge is -2.08. The molecule has 0 aliphatic heterocycles. The molecule has 6 nitrogen and oxygen atoms in total. The average molecular weight is 275 g/mol. The van der Waals surface area contributed by atoms with Gasteiger partial charge in [-0.25, -0.2) is 4.79 Å². The van der Waals surface area contributed by atoms with E-state index in [-0.39, 0.29) is 12.2 Å². The van der Waals surface area contributed by atoms with Gasteiger partial charge in [0.25, 0.3) is 0 Å². The Hall–Kier alpha value is -2.37. The van der Waals surface area contributed by atoms with Gasteiger partial charge < -0.3 is 9.84 Å². The molecule has 20 heavy (non-hydrogen) atoms. The van der Waals surface area contributed by atoms with E-state index in [0.717, 1.165) is 12.1 Å². The van der Waals surface area contributed by atoms with Crippen LogP contribution >= 0.6 is 0 Å². The Morgan fingerprint density at radius 3 is 3.00 bits per heavy atom. The quantitative estimate of drug-likeness (QED) is 0.876. The predicted octanol–water partition coefficient (Wildman–Crippen LogP) is 2.53. The number of nitrogens with zero attached hydrogens (tertiary/aromatic N) is 3. The van der Waals surface area contributed by atoms with Crippen LogP contribution < -0.4 is 4.74 Å². The number of rotatable bonds is 6. The highest BCUT2D eigenvalue weighted by Gasteiger charge is 2.07. The Balaban J connectivity index is 2.00. The Labute approximate surface area is 117 Å². The minimum Gasteiger partial charge on any atom is -0.486 e. The summed E-state index contributed by atoms with van der Waals surface area (Å²) in [4.78, 5) is 14.7. The van der Waals surface area contributed by atoms with Crippen molar-refractivity contribution in [3.8, 4) is 5.75 Å². The maximum Gasteiger partial charge on any atom is 0.337 e. The van der Waals surface area contributed by atoms with Crippen LogP contribution in [-0.2, 0) is 6.61 Å². The molecule has 1 atom stereocenters. The second-order valence-corrected chi connectivity index (χ2v) is 4.55. The van der Waals surface area contributed by atoms with E-state index in [1.54, 1.807) is 0 Å². The van der Waals surface area contributed by atoms with E-state index in [0.29, 0.717) is 11.8 Å². The van der Waals surface area contributed by atoms with Gasteiger partial charge in [-0.3, -0.25) is 9.67 Å². The molecule has 0 spiro atoms. The molecule has 6 heteroatoms. The number of hydrogen-bond donors (Lipinski definition) is 1. The van der Waals surface area contributed by atoms with Crippen LogP contribution in [0.5, 0.6) is 5.75 Å². The molecule has 2 aromatic heterocycles. The third-order valence-electron chi connectivity index (χ3n) is 3.05. The van der Waals surface area contributed by atoms with Crippen molar-refractivity contribution < 1.29 is 14.6 Å². The summed E-state index contributed by atoms with van der Waals surface area (Å²) >= 11 is 0. The van der Waals surface area contributed by atoms with Crippen LogP contribution in [0.15, 0.2) is 30.7 Å². The van der Waals surface area contributed by atoms with Crippen molar-refractivity contribution in [1.82, 2.24) is 14.8 Å². The fraction of sp³-hybridized carbons (Fsp3) is 0.357. The minimum absolute atomic E-state index is 0.104. The minimum atomic E-state index is -1.02. The third-order valence-corrected chi connectivity index (χ3v) is 3.05. The first-order chi connectivity index (χ1) is 9.60. The van der Waals surface area contributed by atoms with Gasteiger partial charge in [0.05, 0.1) is 17.5 Å². The van der Waals surface area contributed by atoms with Gasteiger partial charge in [-0.15, -0.1) is 0 Å². The monoisotopic (exact) mass is 275 g/mol. The van der Waals surface area contributed by atoms with Gasteiger partial charge in [-0.05, 0) is 25.5 Å². The number of carbonyl (C=O) groups is 1. The molecule has 1 unspecified atom stereocenters. The smallest absolute Gasteiger partial charge is 0.337 e. The first-order valence-corrected chi connectivity index (χ1v) is 6.45. The van der Waals surface area contributed by atoms with Crippen LogP contribution in [0.2, 0.25) is 0 Å². The van der Waals surface area contributed by atoms with Gasteiger partial charge in [0, 0.05) is 18.4 Å². The topological polar surface area (TPSA) is 77.2 Å². The van der Waals surface area contributed by atoms with Gasteiger partial charge in [-0.1, -0.05) is 6.92 Å². The fourth-order valence-corrected chi connectivity index (χ4v) is 1.66. The molecule has 0 radical (unpaired) electrons. The summed E-state index contributed by atoms with van der Waals surface area (Å²) in [5.41, 5.74) is 0.902. The molecule has 0 saturated heterocycles. The summed E-state index contributed by atoms with van der Waals surface area (Å²) in [5.74, 6) is -0.605. The van der Waals surface area contributed by atoms with E-state index in [1.165, 1.54) is 18.5 Å². The highest BCUT2D eigenvalue weighted by molar-refractivity contribution is 5.87. The van der Waals surface area contributed by atoms with Crippen LogP contribution in [0.3, 0.4) is 0 Å². The molecule has 106 valence electrons. The zero-order valence-electron chi connectivity index (χ0n) is 11.5. The predicted molar refractivity (Wildman–Crippen MR) is 72.8 cm³/mol. The van der Waals surface area contributed by atoms with E-state index in [4.69, 9.17) is 9.84 Å². The largest absolute Gasteiger partial charge is 0.486 e. The molecule has 0 fully saturated rings. The summed E-state index contributed by atoms with van der Waals surface area (Å²) < 4.78 is 7.40. The third kappa shape index (κ3) is 3.34. The van der Waals surface area contributed by atoms with Crippen LogP contribution in [-0.4, -0.2) is 25.8 Å². The molecule has 2 rings (SSSR count). The van der Waals surface area contributed by atoms with Crippen molar-refractivity contribution in [2.75, 3.05) is 0 Å². The summed E-state index contributed by atoms with van der Waals surface area (Å²) in [6.45, 7) is 4.48. The van der Waals surface area contributed by atoms with Gasteiger partial charge in [0.2, 0.25) is 0 Å². The van der Waals surface area contributed by atoms with Crippen LogP contribution in [0.4, 0.5) is 0 Å². The maximum atomic E-state index is 10.8. The van der Waals surface area contributed by atoms with Crippen molar-refractivity contribution in [2.24, 2.45) is 0 Å². The maximum absolute atomic E-state index is 10.8. The van der Waals surface area contributed by atoms with Gasteiger partial charge in [0.1, 0.15) is 12.4 Å². The highest BCUT2D eigenvalue weighted by atomic mass is 16.5. The van der Waals surface area contributed by atoms with Gasteiger partial charge in [-0.2, -0.15) is 5.10 Å². The molecule has 0 aliphatic rings. The van der Waals surface area contributed by atoms with Crippen molar-refractivity contribution >= 4 is 5.97 Å². The molecule has 0 saturated carbocycles. The zero-order valence-corrected chi connectivity index (χ0v) is 11.5. The van der Waals surface area contributed by atoms with E-state index in [1.807, 2.05) is 16.9 Å². The number of hydrogen-bond acceptors (Lipinski definition) is 4. The molecular formula is C14H17N3O3. The Morgan fingerprint density at radius 1 is 1.50 bits per heavy atom. The Morgan fingerprint density at radius 2 is 2.30 bits per heavy atom. The van der Waals surface area contributed by atoms with E-state index in [9.17, 15) is 4.79 Å². The summed E-state index contributed by atoms with van der Waals surface area (Å²) in [6.07, 6.45) is 5.69. The number of pyridine rings is 1. The fourth-order valence-electron chi connectivity index (χ4n) is 1.66. The lowest BCUT2D eigenvalue weighted by atomic mass is 10.3. The van der Waals surface area contributed by atoms with Crippen molar-refractivity contribution in [3.05, 3.63) is 42.0 Å². The first kappa shape index (κ1) is 14.0. The van der Waals surface area contributed by atoms with Gasteiger partial charge >= 0.3 is 5.97 Å². The second-order valence-electron chi connectivity index (χ2n) is 4.55. The molecular weight excluding hydrogens is 258 g/mol. The van der Waals surface area contributed by atoms with E-state index in [2.05, 4.69) is 23.9 Å². The van der Waals surface area contributed by atoms with Crippen molar-refractivity contribution in [1.29, 1.82) is 0 Å². The number of carboxylic acids is 1. The van der Waals surface area contributed by atoms with Gasteiger partial charge in [0.15, 0.2) is 0 Å². The lowest BCUT2D eigenvalue weighted by Crippen LogP contribution is -2.06. The second kappa shape index (κ2) is 6.18.